The molecule has 1 amide bonds. The molecule has 0 spiro atoms. The first kappa shape index (κ1) is 16.5. The number of rotatable bonds is 4. The van der Waals surface area contributed by atoms with Crippen molar-refractivity contribution in [1.82, 2.24) is 4.98 Å². The van der Waals surface area contributed by atoms with E-state index < -0.39 is 6.10 Å². The third kappa shape index (κ3) is 3.13. The van der Waals surface area contributed by atoms with Crippen molar-refractivity contribution in [1.29, 1.82) is 0 Å². The number of fused-ring (bicyclic) bond motifs is 1. The number of carbonyl (C=O) groups excluding carboxylic acids is 1. The molecule has 1 aromatic heterocycles. The van der Waals surface area contributed by atoms with Crippen LogP contribution in [0.15, 0.2) is 60.8 Å². The molecule has 0 saturated carbocycles. The molecule has 132 valence electrons. The van der Waals surface area contributed by atoms with E-state index in [4.69, 9.17) is 9.47 Å². The maximum Gasteiger partial charge on any atom is 0.254 e. The van der Waals surface area contributed by atoms with Gasteiger partial charge in [0.2, 0.25) is 0 Å². The van der Waals surface area contributed by atoms with Crippen LogP contribution >= 0.6 is 0 Å². The molecule has 5 heteroatoms. The van der Waals surface area contributed by atoms with Gasteiger partial charge in [0.05, 0.1) is 18.3 Å². The number of hydrogen-bond acceptors (Lipinski definition) is 4. The molecule has 0 radical (unpaired) electrons. The average Bonchev–Trinajstić information content (AvgIpc) is 3.18. The predicted octanol–water partition coefficient (Wildman–Crippen LogP) is 3.75. The molecule has 1 fully saturated rings. The monoisotopic (exact) mass is 348 g/mol. The van der Waals surface area contributed by atoms with Crippen LogP contribution in [0.3, 0.4) is 0 Å². The van der Waals surface area contributed by atoms with Gasteiger partial charge in [0.1, 0.15) is 11.9 Å². The smallest absolute Gasteiger partial charge is 0.254 e. The second kappa shape index (κ2) is 7.14. The third-order valence-corrected chi connectivity index (χ3v) is 4.78. The van der Waals surface area contributed by atoms with Crippen molar-refractivity contribution >= 4 is 22.5 Å². The summed E-state index contributed by atoms with van der Waals surface area (Å²) in [6.07, 6.45) is 2.03. The minimum Gasteiger partial charge on any atom is -0.497 e. The Kier molecular flexibility index (Phi) is 4.54. The van der Waals surface area contributed by atoms with Crippen molar-refractivity contribution in [2.45, 2.75) is 18.4 Å². The molecular weight excluding hydrogens is 328 g/mol. The molecule has 1 saturated heterocycles. The molecular formula is C21H20N2O3. The number of amides is 1. The van der Waals surface area contributed by atoms with E-state index in [1.807, 2.05) is 54.6 Å². The lowest BCUT2D eigenvalue weighted by Gasteiger charge is -2.19. The van der Waals surface area contributed by atoms with E-state index in [1.54, 1.807) is 13.3 Å². The number of nitrogens with one attached hydrogen (secondary N) is 1. The van der Waals surface area contributed by atoms with Crippen molar-refractivity contribution in [3.05, 3.63) is 66.4 Å². The lowest BCUT2D eigenvalue weighted by Crippen LogP contribution is -2.31. The Morgan fingerprint density at radius 3 is 2.77 bits per heavy atom. The van der Waals surface area contributed by atoms with Crippen molar-refractivity contribution in [3.8, 4) is 5.75 Å². The van der Waals surface area contributed by atoms with Crippen LogP contribution < -0.4 is 10.1 Å². The number of pyridine rings is 1. The van der Waals surface area contributed by atoms with Gasteiger partial charge in [-0.25, -0.2) is 0 Å². The van der Waals surface area contributed by atoms with Gasteiger partial charge < -0.3 is 14.8 Å². The standard InChI is InChI=1S/C21H20N2O3/c1-25-16-9-7-14(8-10-16)17-11-13-26-20(17)21(24)23-18-6-2-4-15-5-3-12-22-19(15)18/h2-10,12,17,20H,11,13H2,1H3,(H,23,24)/t17-,20-/m0/s1. The third-order valence-electron chi connectivity index (χ3n) is 4.78. The summed E-state index contributed by atoms with van der Waals surface area (Å²) in [5.74, 6) is 0.695. The zero-order valence-corrected chi connectivity index (χ0v) is 14.5. The molecule has 2 atom stereocenters. The van der Waals surface area contributed by atoms with E-state index in [9.17, 15) is 4.79 Å². The van der Waals surface area contributed by atoms with Gasteiger partial charge in [0.25, 0.3) is 5.91 Å². The van der Waals surface area contributed by atoms with Crippen molar-refractivity contribution in [2.75, 3.05) is 19.0 Å². The lowest BCUT2D eigenvalue weighted by molar-refractivity contribution is -0.125. The molecule has 26 heavy (non-hydrogen) atoms. The number of ether oxygens (including phenoxy) is 2. The second-order valence-corrected chi connectivity index (χ2v) is 6.33. The average molecular weight is 348 g/mol. The van der Waals surface area contributed by atoms with Gasteiger partial charge in [-0.3, -0.25) is 9.78 Å². The number of hydrogen-bond donors (Lipinski definition) is 1. The Labute approximate surface area is 152 Å². The zero-order valence-electron chi connectivity index (χ0n) is 14.5. The van der Waals surface area contributed by atoms with E-state index in [1.165, 1.54) is 0 Å². The molecule has 1 aliphatic heterocycles. The maximum atomic E-state index is 12.9. The van der Waals surface area contributed by atoms with Crippen molar-refractivity contribution < 1.29 is 14.3 Å². The Bertz CT molecular complexity index is 919. The second-order valence-electron chi connectivity index (χ2n) is 6.33. The molecule has 4 rings (SSSR count). The van der Waals surface area contributed by atoms with E-state index in [0.717, 1.165) is 28.6 Å². The van der Waals surface area contributed by atoms with Gasteiger partial charge in [-0.2, -0.15) is 0 Å². The first-order valence-electron chi connectivity index (χ1n) is 8.66. The largest absolute Gasteiger partial charge is 0.497 e. The SMILES string of the molecule is COc1ccc([C@@H]2CCO[C@@H]2C(=O)Nc2cccc3cccnc23)cc1. The zero-order chi connectivity index (χ0) is 17.9. The van der Waals surface area contributed by atoms with Gasteiger partial charge >= 0.3 is 0 Å². The van der Waals surface area contributed by atoms with Crippen molar-refractivity contribution in [3.63, 3.8) is 0 Å². The fourth-order valence-electron chi connectivity index (χ4n) is 3.45. The summed E-state index contributed by atoms with van der Waals surface area (Å²) in [6, 6.07) is 17.4. The van der Waals surface area contributed by atoms with E-state index in [2.05, 4.69) is 10.3 Å². The van der Waals surface area contributed by atoms with Crippen LogP contribution in [0, 0.1) is 0 Å². The van der Waals surface area contributed by atoms with Gasteiger partial charge in [-0.05, 0) is 36.2 Å². The fraction of sp³-hybridized carbons (Fsp3) is 0.238. The van der Waals surface area contributed by atoms with Crippen LogP contribution in [-0.4, -0.2) is 30.7 Å². The Morgan fingerprint density at radius 2 is 1.96 bits per heavy atom. The molecule has 3 aromatic rings. The first-order valence-corrected chi connectivity index (χ1v) is 8.66. The number of carbonyl (C=O) groups is 1. The van der Waals surface area contributed by atoms with E-state index in [-0.39, 0.29) is 11.8 Å². The van der Waals surface area contributed by atoms with Crippen LogP contribution in [0.2, 0.25) is 0 Å². The minimum absolute atomic E-state index is 0.0313. The number of aromatic nitrogens is 1. The number of nitrogens with zero attached hydrogens (tertiary/aromatic N) is 1. The number of para-hydroxylation sites is 1. The lowest BCUT2D eigenvalue weighted by atomic mass is 9.92. The van der Waals surface area contributed by atoms with Crippen molar-refractivity contribution in [2.24, 2.45) is 0 Å². The molecule has 0 bridgehead atoms. The highest BCUT2D eigenvalue weighted by atomic mass is 16.5. The van der Waals surface area contributed by atoms with Gasteiger partial charge in [0.15, 0.2) is 0 Å². The Balaban J connectivity index is 1.56. The highest BCUT2D eigenvalue weighted by Gasteiger charge is 2.35. The van der Waals surface area contributed by atoms with Crippen LogP contribution in [0.4, 0.5) is 5.69 Å². The molecule has 0 unspecified atom stereocenters. The Hall–Kier alpha value is -2.92. The highest BCUT2D eigenvalue weighted by Crippen LogP contribution is 2.33. The normalized spacial score (nSPS) is 19.4. The number of methoxy groups -OCH3 is 1. The molecule has 2 aromatic carbocycles. The summed E-state index contributed by atoms with van der Waals surface area (Å²) in [4.78, 5) is 17.3. The number of anilines is 1. The van der Waals surface area contributed by atoms with Crippen LogP contribution in [0.5, 0.6) is 5.75 Å². The van der Waals surface area contributed by atoms with Gasteiger partial charge in [-0.15, -0.1) is 0 Å². The highest BCUT2D eigenvalue weighted by molar-refractivity contribution is 6.02. The fourth-order valence-corrected chi connectivity index (χ4v) is 3.45. The predicted molar refractivity (Wildman–Crippen MR) is 100 cm³/mol. The molecule has 0 aliphatic carbocycles. The van der Waals surface area contributed by atoms with Crippen LogP contribution in [0.1, 0.15) is 17.9 Å². The summed E-state index contributed by atoms with van der Waals surface area (Å²) >= 11 is 0. The minimum atomic E-state index is -0.512. The quantitative estimate of drug-likeness (QED) is 0.780. The van der Waals surface area contributed by atoms with Gasteiger partial charge in [0, 0.05) is 24.1 Å². The van der Waals surface area contributed by atoms with Gasteiger partial charge in [-0.1, -0.05) is 30.3 Å². The summed E-state index contributed by atoms with van der Waals surface area (Å²) in [6.45, 7) is 0.572. The van der Waals surface area contributed by atoms with E-state index >= 15 is 0 Å². The maximum absolute atomic E-state index is 12.9. The summed E-state index contributed by atoms with van der Waals surface area (Å²) < 4.78 is 11.0. The van der Waals surface area contributed by atoms with E-state index in [0.29, 0.717) is 12.3 Å². The van der Waals surface area contributed by atoms with Crippen LogP contribution in [0.25, 0.3) is 10.9 Å². The summed E-state index contributed by atoms with van der Waals surface area (Å²) in [7, 11) is 1.64. The molecule has 5 nitrogen and oxygen atoms in total. The molecule has 1 N–H and O–H groups in total. The Morgan fingerprint density at radius 1 is 1.15 bits per heavy atom. The molecule has 1 aliphatic rings. The first-order chi connectivity index (χ1) is 12.8. The molecule has 2 heterocycles. The summed E-state index contributed by atoms with van der Waals surface area (Å²) in [5.41, 5.74) is 2.57. The van der Waals surface area contributed by atoms with Crippen LogP contribution in [-0.2, 0) is 9.53 Å². The summed E-state index contributed by atoms with van der Waals surface area (Å²) in [5, 5.41) is 3.99. The number of benzene rings is 2. The topological polar surface area (TPSA) is 60.5 Å².